The number of nitriles is 1. The molecule has 5 rings (SSSR count). The molecule has 0 aromatic heterocycles. The molecular formula is C31H32N6O3. The molecule has 4 amide bonds. The number of nitrogens with one attached hydrogen (secondary N) is 2. The molecule has 2 heterocycles. The SMILES string of the molecule is CCc1ccc(NC(=O)CN2CN(c3ccccc3)C3(CCN(C(=O)Nc4ccc(C#N)cc4)CC3)C2=O)cc1. The summed E-state index contributed by atoms with van der Waals surface area (Å²) in [4.78, 5) is 45.2. The summed E-state index contributed by atoms with van der Waals surface area (Å²) >= 11 is 0. The molecule has 2 fully saturated rings. The van der Waals surface area contributed by atoms with Gasteiger partial charge in [-0.05, 0) is 73.4 Å². The Bertz CT molecular complexity index is 1410. The summed E-state index contributed by atoms with van der Waals surface area (Å²) in [5.41, 5.74) is 3.08. The molecule has 0 bridgehead atoms. The number of carbonyl (C=O) groups is 3. The zero-order valence-electron chi connectivity index (χ0n) is 22.5. The first-order valence-electron chi connectivity index (χ1n) is 13.5. The van der Waals surface area contributed by atoms with Crippen LogP contribution in [0.3, 0.4) is 0 Å². The van der Waals surface area contributed by atoms with Crippen LogP contribution in [0.2, 0.25) is 0 Å². The van der Waals surface area contributed by atoms with E-state index in [-0.39, 0.29) is 24.4 Å². The average Bonchev–Trinajstić information content (AvgIpc) is 3.24. The first-order valence-corrected chi connectivity index (χ1v) is 13.5. The standard InChI is InChI=1S/C31H32N6O3/c1-2-23-8-12-25(13-9-23)33-28(38)21-36-22-37(27-6-4-3-5-7-27)31(29(36)39)16-18-35(19-17-31)30(40)34-26-14-10-24(20-32)11-15-26/h3-15H,2,16-19,21-22H2,1H3,(H,33,38)(H,34,40). The van der Waals surface area contributed by atoms with Crippen molar-refractivity contribution in [2.45, 2.75) is 31.7 Å². The zero-order valence-corrected chi connectivity index (χ0v) is 22.5. The molecule has 0 aliphatic carbocycles. The van der Waals surface area contributed by atoms with Gasteiger partial charge in [-0.1, -0.05) is 37.3 Å². The molecule has 2 saturated heterocycles. The number of benzene rings is 3. The Labute approximate surface area is 234 Å². The van der Waals surface area contributed by atoms with E-state index in [4.69, 9.17) is 5.26 Å². The van der Waals surface area contributed by atoms with Gasteiger partial charge < -0.3 is 25.3 Å². The Balaban J connectivity index is 1.28. The van der Waals surface area contributed by atoms with E-state index < -0.39 is 5.54 Å². The molecular weight excluding hydrogens is 504 g/mol. The quantitative estimate of drug-likeness (QED) is 0.485. The number of aryl methyl sites for hydroxylation is 1. The third-order valence-electron chi connectivity index (χ3n) is 7.71. The normalized spacial score (nSPS) is 16.1. The lowest BCUT2D eigenvalue weighted by Crippen LogP contribution is -2.58. The fourth-order valence-corrected chi connectivity index (χ4v) is 5.43. The molecule has 9 nitrogen and oxygen atoms in total. The Morgan fingerprint density at radius 1 is 0.900 bits per heavy atom. The van der Waals surface area contributed by atoms with Crippen LogP contribution in [0.1, 0.15) is 30.9 Å². The molecule has 40 heavy (non-hydrogen) atoms. The number of anilines is 3. The Morgan fingerprint density at radius 2 is 1.52 bits per heavy atom. The lowest BCUT2D eigenvalue weighted by Gasteiger charge is -2.43. The van der Waals surface area contributed by atoms with Crippen LogP contribution >= 0.6 is 0 Å². The summed E-state index contributed by atoms with van der Waals surface area (Å²) in [6.45, 7) is 3.10. The molecule has 3 aromatic rings. The van der Waals surface area contributed by atoms with Crippen molar-refractivity contribution in [3.05, 3.63) is 90.0 Å². The molecule has 1 spiro atoms. The van der Waals surface area contributed by atoms with E-state index in [1.807, 2.05) is 54.6 Å². The molecule has 0 radical (unpaired) electrons. The minimum Gasteiger partial charge on any atom is -0.339 e. The van der Waals surface area contributed by atoms with Gasteiger partial charge in [-0.25, -0.2) is 4.79 Å². The Morgan fingerprint density at radius 3 is 2.15 bits per heavy atom. The number of likely N-dealkylation sites (tertiary alicyclic amines) is 1. The highest BCUT2D eigenvalue weighted by Crippen LogP contribution is 2.39. The summed E-state index contributed by atoms with van der Waals surface area (Å²) < 4.78 is 0. The monoisotopic (exact) mass is 536 g/mol. The third-order valence-corrected chi connectivity index (χ3v) is 7.71. The van der Waals surface area contributed by atoms with E-state index >= 15 is 0 Å². The van der Waals surface area contributed by atoms with Gasteiger partial charge in [-0.2, -0.15) is 5.26 Å². The van der Waals surface area contributed by atoms with E-state index in [1.165, 1.54) is 5.56 Å². The van der Waals surface area contributed by atoms with Crippen LogP contribution in [0.15, 0.2) is 78.9 Å². The van der Waals surface area contributed by atoms with Crippen LogP contribution in [-0.4, -0.2) is 59.5 Å². The van der Waals surface area contributed by atoms with Gasteiger partial charge in [-0.15, -0.1) is 0 Å². The molecule has 0 saturated carbocycles. The van der Waals surface area contributed by atoms with Crippen molar-refractivity contribution in [1.29, 1.82) is 5.26 Å². The van der Waals surface area contributed by atoms with Crippen molar-refractivity contribution in [2.24, 2.45) is 0 Å². The van der Waals surface area contributed by atoms with Gasteiger partial charge in [0.1, 0.15) is 12.1 Å². The molecule has 2 aliphatic heterocycles. The number of urea groups is 1. The zero-order chi connectivity index (χ0) is 28.1. The maximum Gasteiger partial charge on any atom is 0.321 e. The molecule has 204 valence electrons. The summed E-state index contributed by atoms with van der Waals surface area (Å²) in [7, 11) is 0. The topological polar surface area (TPSA) is 109 Å². The van der Waals surface area contributed by atoms with Gasteiger partial charge in [0.15, 0.2) is 0 Å². The number of hydrogen-bond donors (Lipinski definition) is 2. The number of para-hydroxylation sites is 1. The van der Waals surface area contributed by atoms with E-state index in [1.54, 1.807) is 34.1 Å². The molecule has 0 unspecified atom stereocenters. The van der Waals surface area contributed by atoms with Crippen LogP contribution in [0, 0.1) is 11.3 Å². The lowest BCUT2D eigenvalue weighted by atomic mass is 9.85. The number of piperidine rings is 1. The summed E-state index contributed by atoms with van der Waals surface area (Å²) in [5.74, 6) is -0.345. The van der Waals surface area contributed by atoms with Gasteiger partial charge >= 0.3 is 6.03 Å². The highest BCUT2D eigenvalue weighted by Gasteiger charge is 2.54. The largest absolute Gasteiger partial charge is 0.339 e. The van der Waals surface area contributed by atoms with Gasteiger partial charge in [0.25, 0.3) is 5.91 Å². The van der Waals surface area contributed by atoms with Crippen LogP contribution in [0.25, 0.3) is 0 Å². The van der Waals surface area contributed by atoms with E-state index in [0.717, 1.165) is 12.1 Å². The second-order valence-electron chi connectivity index (χ2n) is 10.1. The van der Waals surface area contributed by atoms with Crippen LogP contribution in [-0.2, 0) is 16.0 Å². The van der Waals surface area contributed by atoms with E-state index in [0.29, 0.717) is 49.5 Å². The maximum atomic E-state index is 13.9. The maximum absolute atomic E-state index is 13.9. The first kappa shape index (κ1) is 26.8. The first-order chi connectivity index (χ1) is 19.4. The summed E-state index contributed by atoms with van der Waals surface area (Å²) in [6, 6.07) is 26.0. The molecule has 0 atom stereocenters. The lowest BCUT2D eigenvalue weighted by molar-refractivity contribution is -0.136. The smallest absolute Gasteiger partial charge is 0.321 e. The number of carbonyl (C=O) groups excluding carboxylic acids is 3. The number of rotatable bonds is 6. The Kier molecular flexibility index (Phi) is 7.69. The van der Waals surface area contributed by atoms with Gasteiger partial charge in [0.2, 0.25) is 5.91 Å². The van der Waals surface area contributed by atoms with Crippen molar-refractivity contribution in [2.75, 3.05) is 41.8 Å². The number of nitrogens with zero attached hydrogens (tertiary/aromatic N) is 4. The summed E-state index contributed by atoms with van der Waals surface area (Å²) in [5, 5.41) is 14.8. The van der Waals surface area contributed by atoms with Crippen LogP contribution in [0.4, 0.5) is 21.9 Å². The Hall–Kier alpha value is -4.84. The fourth-order valence-electron chi connectivity index (χ4n) is 5.43. The van der Waals surface area contributed by atoms with Crippen molar-refractivity contribution < 1.29 is 14.4 Å². The van der Waals surface area contributed by atoms with Gasteiger partial charge in [0, 0.05) is 30.2 Å². The molecule has 9 heteroatoms. The minimum absolute atomic E-state index is 0.0532. The minimum atomic E-state index is -0.838. The van der Waals surface area contributed by atoms with E-state index in [2.05, 4.69) is 28.5 Å². The third kappa shape index (κ3) is 5.47. The number of hydrogen-bond acceptors (Lipinski definition) is 5. The number of amides is 4. The summed E-state index contributed by atoms with van der Waals surface area (Å²) in [6.07, 6.45) is 1.80. The van der Waals surface area contributed by atoms with Crippen LogP contribution in [0.5, 0.6) is 0 Å². The average molecular weight is 537 g/mol. The molecule has 3 aromatic carbocycles. The van der Waals surface area contributed by atoms with E-state index in [9.17, 15) is 14.4 Å². The predicted molar refractivity (Wildman–Crippen MR) is 154 cm³/mol. The highest BCUT2D eigenvalue weighted by atomic mass is 16.2. The highest BCUT2D eigenvalue weighted by molar-refractivity contribution is 5.99. The fraction of sp³-hybridized carbons (Fsp3) is 0.290. The van der Waals surface area contributed by atoms with Crippen molar-refractivity contribution in [1.82, 2.24) is 9.80 Å². The predicted octanol–water partition coefficient (Wildman–Crippen LogP) is 4.43. The molecule has 2 aliphatic rings. The van der Waals surface area contributed by atoms with Gasteiger partial charge in [-0.3, -0.25) is 9.59 Å². The van der Waals surface area contributed by atoms with Crippen molar-refractivity contribution in [3.8, 4) is 6.07 Å². The van der Waals surface area contributed by atoms with Crippen molar-refractivity contribution >= 4 is 34.9 Å². The second-order valence-corrected chi connectivity index (χ2v) is 10.1. The second kappa shape index (κ2) is 11.5. The van der Waals surface area contributed by atoms with Crippen molar-refractivity contribution in [3.63, 3.8) is 0 Å². The van der Waals surface area contributed by atoms with Gasteiger partial charge in [0.05, 0.1) is 18.3 Å². The molecule has 2 N–H and O–H groups in total. The van der Waals surface area contributed by atoms with Crippen LogP contribution < -0.4 is 15.5 Å².